The molecule has 0 spiro atoms. The van der Waals surface area contributed by atoms with E-state index in [0.29, 0.717) is 26.2 Å². The summed E-state index contributed by atoms with van der Waals surface area (Å²) in [5.74, 6) is 0. The zero-order chi connectivity index (χ0) is 18.4. The molecule has 7 heteroatoms. The van der Waals surface area contributed by atoms with E-state index in [4.69, 9.17) is 4.74 Å². The highest BCUT2D eigenvalue weighted by atomic mass is 16.5. The first kappa shape index (κ1) is 18.4. The Morgan fingerprint density at radius 2 is 2.27 bits per heavy atom. The van der Waals surface area contributed by atoms with E-state index in [9.17, 15) is 4.79 Å². The lowest BCUT2D eigenvalue weighted by molar-refractivity contribution is -0.00165. The van der Waals surface area contributed by atoms with E-state index >= 15 is 0 Å². The molecular weight excluding hydrogens is 330 g/mol. The number of urea groups is 1. The zero-order valence-electron chi connectivity index (χ0n) is 15.5. The number of ether oxygens (including phenoxy) is 1. The van der Waals surface area contributed by atoms with Crippen molar-refractivity contribution in [3.05, 3.63) is 47.5 Å². The van der Waals surface area contributed by atoms with Gasteiger partial charge in [0.25, 0.3) is 0 Å². The third kappa shape index (κ3) is 5.05. The minimum atomic E-state index is -0.0299. The monoisotopic (exact) mass is 357 g/mol. The van der Waals surface area contributed by atoms with Crippen molar-refractivity contribution >= 4 is 6.03 Å². The molecule has 2 aromatic rings. The van der Waals surface area contributed by atoms with Gasteiger partial charge in [-0.25, -0.2) is 4.79 Å². The van der Waals surface area contributed by atoms with Crippen LogP contribution in [0.3, 0.4) is 0 Å². The van der Waals surface area contributed by atoms with Gasteiger partial charge >= 0.3 is 6.03 Å². The molecule has 1 fully saturated rings. The number of hydrogen-bond acceptors (Lipinski definition) is 4. The number of amides is 2. The summed E-state index contributed by atoms with van der Waals surface area (Å²) in [6.07, 6.45) is 3.76. The maximum Gasteiger partial charge on any atom is 0.317 e. The number of hydrogen-bond donors (Lipinski definition) is 1. The smallest absolute Gasteiger partial charge is 0.317 e. The summed E-state index contributed by atoms with van der Waals surface area (Å²) in [4.78, 5) is 18.5. The van der Waals surface area contributed by atoms with Crippen LogP contribution in [0.1, 0.15) is 29.9 Å². The van der Waals surface area contributed by atoms with Crippen LogP contribution in [0.5, 0.6) is 0 Å². The third-order valence-electron chi connectivity index (χ3n) is 4.56. The molecule has 0 saturated carbocycles. The number of pyridine rings is 1. The average molecular weight is 357 g/mol. The van der Waals surface area contributed by atoms with E-state index in [1.165, 1.54) is 0 Å². The predicted octanol–water partition coefficient (Wildman–Crippen LogP) is 2.29. The van der Waals surface area contributed by atoms with Gasteiger partial charge in [-0.2, -0.15) is 5.10 Å². The molecule has 1 N–H and O–H groups in total. The summed E-state index contributed by atoms with van der Waals surface area (Å²) in [6.45, 7) is 7.12. The normalized spacial score (nSPS) is 17.3. The first-order chi connectivity index (χ1) is 12.6. The number of nitrogens with one attached hydrogen (secondary N) is 1. The molecule has 7 nitrogen and oxygen atoms in total. The van der Waals surface area contributed by atoms with Crippen molar-refractivity contribution in [2.75, 3.05) is 19.6 Å². The summed E-state index contributed by atoms with van der Waals surface area (Å²) >= 11 is 0. The van der Waals surface area contributed by atoms with Crippen LogP contribution in [0.2, 0.25) is 0 Å². The van der Waals surface area contributed by atoms with Gasteiger partial charge in [-0.3, -0.25) is 9.67 Å². The van der Waals surface area contributed by atoms with Crippen molar-refractivity contribution in [3.8, 4) is 0 Å². The fourth-order valence-electron chi connectivity index (χ4n) is 3.23. The first-order valence-corrected chi connectivity index (χ1v) is 9.17. The number of carbonyl (C=O) groups is 1. The summed E-state index contributed by atoms with van der Waals surface area (Å²) in [7, 11) is 0. The highest BCUT2D eigenvalue weighted by molar-refractivity contribution is 5.74. The number of carbonyl (C=O) groups excluding carboxylic acids is 1. The lowest BCUT2D eigenvalue weighted by Crippen LogP contribution is -2.48. The Morgan fingerprint density at radius 3 is 3.00 bits per heavy atom. The van der Waals surface area contributed by atoms with Crippen LogP contribution in [-0.4, -0.2) is 51.4 Å². The van der Waals surface area contributed by atoms with Gasteiger partial charge in [0, 0.05) is 31.5 Å². The van der Waals surface area contributed by atoms with Gasteiger partial charge in [-0.15, -0.1) is 0 Å². The van der Waals surface area contributed by atoms with Crippen LogP contribution >= 0.6 is 0 Å². The van der Waals surface area contributed by atoms with Gasteiger partial charge < -0.3 is 15.0 Å². The van der Waals surface area contributed by atoms with Crippen LogP contribution in [-0.2, 0) is 17.9 Å². The van der Waals surface area contributed by atoms with Gasteiger partial charge in [-0.1, -0.05) is 6.07 Å². The molecule has 140 valence electrons. The number of aromatic nitrogens is 3. The standard InChI is InChI=1S/C19H27N5O2/c1-15-12-16(2)24(22-15)11-9-21-19(25)23-10-5-7-18(13-23)26-14-17-6-3-4-8-20-17/h3-4,6,8,12,18H,5,7,9-11,13-14H2,1-2H3,(H,21,25)/t18-/m1/s1. The Morgan fingerprint density at radius 1 is 1.38 bits per heavy atom. The Labute approximate surface area is 154 Å². The summed E-state index contributed by atoms with van der Waals surface area (Å²) in [5, 5.41) is 7.40. The second-order valence-corrected chi connectivity index (χ2v) is 6.72. The molecular formula is C19H27N5O2. The largest absolute Gasteiger partial charge is 0.370 e. The lowest BCUT2D eigenvalue weighted by Gasteiger charge is -2.32. The van der Waals surface area contributed by atoms with Gasteiger partial charge in [0.05, 0.1) is 30.6 Å². The molecule has 2 amide bonds. The molecule has 0 radical (unpaired) electrons. The molecule has 3 rings (SSSR count). The molecule has 0 unspecified atom stereocenters. The fraction of sp³-hybridized carbons (Fsp3) is 0.526. The van der Waals surface area contributed by atoms with Crippen molar-refractivity contribution in [1.82, 2.24) is 25.0 Å². The van der Waals surface area contributed by atoms with E-state index in [0.717, 1.165) is 36.5 Å². The Hall–Kier alpha value is -2.41. The third-order valence-corrected chi connectivity index (χ3v) is 4.56. The maximum atomic E-state index is 12.4. The fourth-order valence-corrected chi connectivity index (χ4v) is 3.23. The number of aryl methyl sites for hydroxylation is 2. The minimum absolute atomic E-state index is 0.0299. The second-order valence-electron chi connectivity index (χ2n) is 6.72. The molecule has 0 bridgehead atoms. The molecule has 0 aliphatic carbocycles. The molecule has 1 aliphatic heterocycles. The van der Waals surface area contributed by atoms with E-state index in [1.54, 1.807) is 6.20 Å². The molecule has 2 aromatic heterocycles. The van der Waals surface area contributed by atoms with Crippen molar-refractivity contribution in [3.63, 3.8) is 0 Å². The number of nitrogens with zero attached hydrogens (tertiary/aromatic N) is 4. The van der Waals surface area contributed by atoms with Crippen LogP contribution in [0, 0.1) is 13.8 Å². The topological polar surface area (TPSA) is 72.3 Å². The van der Waals surface area contributed by atoms with E-state index in [2.05, 4.69) is 15.4 Å². The summed E-state index contributed by atoms with van der Waals surface area (Å²) in [5.41, 5.74) is 3.02. The van der Waals surface area contributed by atoms with Crippen molar-refractivity contribution < 1.29 is 9.53 Å². The highest BCUT2D eigenvalue weighted by Gasteiger charge is 2.24. The zero-order valence-corrected chi connectivity index (χ0v) is 15.5. The predicted molar refractivity (Wildman–Crippen MR) is 98.7 cm³/mol. The van der Waals surface area contributed by atoms with Crippen LogP contribution in [0.25, 0.3) is 0 Å². The average Bonchev–Trinajstić information content (AvgIpc) is 2.98. The van der Waals surface area contributed by atoms with Crippen molar-refractivity contribution in [2.24, 2.45) is 0 Å². The van der Waals surface area contributed by atoms with Crippen LogP contribution < -0.4 is 5.32 Å². The number of likely N-dealkylation sites (tertiary alicyclic amines) is 1. The van der Waals surface area contributed by atoms with Crippen molar-refractivity contribution in [1.29, 1.82) is 0 Å². The lowest BCUT2D eigenvalue weighted by atomic mass is 10.1. The maximum absolute atomic E-state index is 12.4. The van der Waals surface area contributed by atoms with E-state index < -0.39 is 0 Å². The van der Waals surface area contributed by atoms with Crippen LogP contribution in [0.15, 0.2) is 30.5 Å². The van der Waals surface area contributed by atoms with Gasteiger partial charge in [0.1, 0.15) is 0 Å². The molecule has 26 heavy (non-hydrogen) atoms. The summed E-state index contributed by atoms with van der Waals surface area (Å²) < 4.78 is 7.86. The minimum Gasteiger partial charge on any atom is -0.370 e. The Balaban J connectivity index is 1.41. The second kappa shape index (κ2) is 8.80. The number of rotatable bonds is 6. The molecule has 1 saturated heterocycles. The molecule has 1 aliphatic rings. The van der Waals surface area contributed by atoms with Gasteiger partial charge in [0.15, 0.2) is 0 Å². The quantitative estimate of drug-likeness (QED) is 0.861. The molecule has 3 heterocycles. The molecule has 1 atom stereocenters. The van der Waals surface area contributed by atoms with Gasteiger partial charge in [0.2, 0.25) is 0 Å². The number of piperidine rings is 1. The molecule has 0 aromatic carbocycles. The van der Waals surface area contributed by atoms with Gasteiger partial charge in [-0.05, 0) is 44.9 Å². The Bertz CT molecular complexity index is 716. The highest BCUT2D eigenvalue weighted by Crippen LogP contribution is 2.14. The Kier molecular flexibility index (Phi) is 6.22. The first-order valence-electron chi connectivity index (χ1n) is 9.17. The van der Waals surface area contributed by atoms with E-state index in [1.807, 2.05) is 47.7 Å². The van der Waals surface area contributed by atoms with Crippen molar-refractivity contribution in [2.45, 2.75) is 45.9 Å². The summed E-state index contributed by atoms with van der Waals surface area (Å²) in [6, 6.07) is 7.80. The van der Waals surface area contributed by atoms with E-state index in [-0.39, 0.29) is 12.1 Å². The van der Waals surface area contributed by atoms with Crippen LogP contribution in [0.4, 0.5) is 4.79 Å². The SMILES string of the molecule is Cc1cc(C)n(CCNC(=O)N2CCC[C@@H](OCc3ccccn3)C2)n1.